The van der Waals surface area contributed by atoms with Crippen molar-refractivity contribution in [3.63, 3.8) is 0 Å². The van der Waals surface area contributed by atoms with Gasteiger partial charge in [0.25, 0.3) is 0 Å². The van der Waals surface area contributed by atoms with Crippen LogP contribution in [0.1, 0.15) is 93.9 Å². The molecule has 334 valence electrons. The summed E-state index contributed by atoms with van der Waals surface area (Å²) in [6.45, 7) is 0.410. The molecule has 0 fully saturated rings. The van der Waals surface area contributed by atoms with Gasteiger partial charge in [-0.1, -0.05) is 156 Å². The van der Waals surface area contributed by atoms with E-state index in [2.05, 4.69) is 120 Å². The zero-order valence-corrected chi connectivity index (χ0v) is 36.8. The highest BCUT2D eigenvalue weighted by Gasteiger charge is 2.07. The Labute approximate surface area is 372 Å². The average molecular weight is 863 g/mol. The fraction of sp³-hybridized carbons (Fsp3) is 0.345. The molecule has 0 aromatic heterocycles. The SMILES string of the molecule is CCCCCCCOc1ccc(CCc2ccc(-c3ccc(OC(F)F)cc3)cc2)cc1.CCCCCCOc1ccc(CCc2ccc(-c3ccc(OC(F)F)cc3)cc2)cc1. The van der Waals surface area contributed by atoms with Crippen LogP contribution in [0.25, 0.3) is 22.3 Å². The number of benzene rings is 6. The van der Waals surface area contributed by atoms with Gasteiger partial charge < -0.3 is 18.9 Å². The molecule has 0 saturated carbocycles. The minimum atomic E-state index is -2.80. The zero-order valence-electron chi connectivity index (χ0n) is 36.8. The van der Waals surface area contributed by atoms with Crippen LogP contribution in [-0.4, -0.2) is 26.4 Å². The van der Waals surface area contributed by atoms with Gasteiger partial charge in [0.05, 0.1) is 13.2 Å². The Morgan fingerprint density at radius 3 is 0.873 bits per heavy atom. The van der Waals surface area contributed by atoms with Crippen molar-refractivity contribution in [2.75, 3.05) is 13.2 Å². The topological polar surface area (TPSA) is 36.9 Å². The van der Waals surface area contributed by atoms with Crippen molar-refractivity contribution < 1.29 is 36.5 Å². The van der Waals surface area contributed by atoms with E-state index >= 15 is 0 Å². The Balaban J connectivity index is 0.000000238. The average Bonchev–Trinajstić information content (AvgIpc) is 3.30. The summed E-state index contributed by atoms with van der Waals surface area (Å²) in [7, 11) is 0. The van der Waals surface area contributed by atoms with Crippen LogP contribution in [-0.2, 0) is 25.7 Å². The van der Waals surface area contributed by atoms with Crippen LogP contribution < -0.4 is 18.9 Å². The van der Waals surface area contributed by atoms with E-state index < -0.39 is 13.2 Å². The quantitative estimate of drug-likeness (QED) is 0.0424. The molecule has 0 aliphatic rings. The van der Waals surface area contributed by atoms with E-state index in [1.54, 1.807) is 48.5 Å². The predicted octanol–water partition coefficient (Wildman–Crippen LogP) is 15.8. The number of alkyl halides is 4. The molecule has 63 heavy (non-hydrogen) atoms. The van der Waals surface area contributed by atoms with Gasteiger partial charge in [-0.05, 0) is 132 Å². The second-order valence-corrected chi connectivity index (χ2v) is 15.7. The first-order chi connectivity index (χ1) is 30.8. The molecule has 0 saturated heterocycles. The molecule has 0 aliphatic carbocycles. The van der Waals surface area contributed by atoms with Crippen molar-refractivity contribution in [3.8, 4) is 45.3 Å². The Hall–Kier alpha value is -5.76. The third-order valence-electron chi connectivity index (χ3n) is 10.8. The lowest BCUT2D eigenvalue weighted by atomic mass is 10.0. The summed E-state index contributed by atoms with van der Waals surface area (Å²) < 4.78 is 69.5. The fourth-order valence-electron chi connectivity index (χ4n) is 7.08. The molecule has 0 bridgehead atoms. The number of hydrogen-bond donors (Lipinski definition) is 0. The highest BCUT2D eigenvalue weighted by molar-refractivity contribution is 5.65. The summed E-state index contributed by atoms with van der Waals surface area (Å²) in [5, 5.41) is 0. The van der Waals surface area contributed by atoms with Crippen molar-refractivity contribution in [3.05, 3.63) is 168 Å². The number of aryl methyl sites for hydroxylation is 4. The summed E-state index contributed by atoms with van der Waals surface area (Å²) in [5.74, 6) is 2.22. The lowest BCUT2D eigenvalue weighted by Crippen LogP contribution is -2.01. The van der Waals surface area contributed by atoms with Crippen molar-refractivity contribution in [2.24, 2.45) is 0 Å². The maximum Gasteiger partial charge on any atom is 0.387 e. The van der Waals surface area contributed by atoms with E-state index in [1.165, 1.54) is 67.2 Å². The molecule has 8 heteroatoms. The van der Waals surface area contributed by atoms with E-state index in [1.807, 2.05) is 0 Å². The highest BCUT2D eigenvalue weighted by atomic mass is 19.3. The summed E-state index contributed by atoms with van der Waals surface area (Å²) >= 11 is 0. The molecular weight excluding hydrogens is 801 g/mol. The second kappa shape index (κ2) is 27.3. The second-order valence-electron chi connectivity index (χ2n) is 15.7. The van der Waals surface area contributed by atoms with Crippen LogP contribution in [0.2, 0.25) is 0 Å². The zero-order chi connectivity index (χ0) is 44.5. The largest absolute Gasteiger partial charge is 0.494 e. The number of rotatable bonds is 25. The molecule has 0 aliphatic heterocycles. The molecule has 0 unspecified atom stereocenters. The predicted molar refractivity (Wildman–Crippen MR) is 249 cm³/mol. The molecule has 4 nitrogen and oxygen atoms in total. The smallest absolute Gasteiger partial charge is 0.387 e. The number of halogens is 4. The normalized spacial score (nSPS) is 11.0. The van der Waals surface area contributed by atoms with E-state index in [0.29, 0.717) is 0 Å². The number of unbranched alkanes of at least 4 members (excludes halogenated alkanes) is 7. The van der Waals surface area contributed by atoms with E-state index in [9.17, 15) is 17.6 Å². The van der Waals surface area contributed by atoms with Crippen LogP contribution in [0, 0.1) is 0 Å². The van der Waals surface area contributed by atoms with Crippen LogP contribution in [0.3, 0.4) is 0 Å². The first-order valence-electron chi connectivity index (χ1n) is 22.5. The van der Waals surface area contributed by atoms with Gasteiger partial charge in [0.15, 0.2) is 0 Å². The summed E-state index contributed by atoms with van der Waals surface area (Å²) in [4.78, 5) is 0. The van der Waals surface area contributed by atoms with Gasteiger partial charge in [-0.3, -0.25) is 0 Å². The van der Waals surface area contributed by atoms with Gasteiger partial charge in [0, 0.05) is 0 Å². The van der Waals surface area contributed by atoms with Crippen LogP contribution in [0.4, 0.5) is 17.6 Å². The summed E-state index contributed by atoms with van der Waals surface area (Å²) in [6, 6.07) is 47.0. The molecule has 0 radical (unpaired) electrons. The minimum absolute atomic E-state index is 0.170. The van der Waals surface area contributed by atoms with E-state index in [4.69, 9.17) is 9.47 Å². The van der Waals surface area contributed by atoms with Gasteiger partial charge >= 0.3 is 13.2 Å². The monoisotopic (exact) mass is 862 g/mol. The number of hydrogen-bond acceptors (Lipinski definition) is 4. The minimum Gasteiger partial charge on any atom is -0.494 e. The lowest BCUT2D eigenvalue weighted by Gasteiger charge is -2.08. The molecule has 6 aromatic rings. The first-order valence-corrected chi connectivity index (χ1v) is 22.5. The third kappa shape index (κ3) is 18.2. The van der Waals surface area contributed by atoms with Crippen LogP contribution in [0.5, 0.6) is 23.0 Å². The number of ether oxygens (including phenoxy) is 4. The lowest BCUT2D eigenvalue weighted by molar-refractivity contribution is -0.0505. The molecule has 6 rings (SSSR count). The Bertz CT molecular complexity index is 2100. The summed E-state index contributed by atoms with van der Waals surface area (Å²) in [5.41, 5.74) is 9.14. The van der Waals surface area contributed by atoms with Gasteiger partial charge in [-0.25, -0.2) is 0 Å². The van der Waals surface area contributed by atoms with Crippen molar-refractivity contribution in [1.82, 2.24) is 0 Å². The van der Waals surface area contributed by atoms with Crippen molar-refractivity contribution >= 4 is 0 Å². The maximum absolute atomic E-state index is 12.3. The molecule has 0 spiro atoms. The molecule has 0 N–H and O–H groups in total. The Morgan fingerprint density at radius 1 is 0.317 bits per heavy atom. The molecule has 0 amide bonds. The van der Waals surface area contributed by atoms with Crippen LogP contribution in [0.15, 0.2) is 146 Å². The summed E-state index contributed by atoms with van der Waals surface area (Å²) in [6.07, 6.45) is 14.9. The maximum atomic E-state index is 12.3. The van der Waals surface area contributed by atoms with Gasteiger partial charge in [0.1, 0.15) is 23.0 Å². The Kier molecular flexibility index (Phi) is 20.9. The highest BCUT2D eigenvalue weighted by Crippen LogP contribution is 2.26. The van der Waals surface area contributed by atoms with Crippen molar-refractivity contribution in [2.45, 2.75) is 111 Å². The standard InChI is InChI=1S/C28H32F2O2.C27H30F2O2/c1-2-3-4-5-6-21-31-26-17-11-23(12-18-26)8-7-22-9-13-24(14-10-22)25-15-19-27(20-16-25)32-28(29)30;1-2-3-4-5-20-30-25-16-10-22(11-17-25)7-6-21-8-12-23(13-9-21)24-14-18-26(19-15-24)31-27(28)29/h9-20,28H,2-8,21H2,1H3;8-19,27H,2-7,20H2,1H3. The fourth-order valence-corrected chi connectivity index (χ4v) is 7.08. The molecule has 0 heterocycles. The third-order valence-corrected chi connectivity index (χ3v) is 10.8. The van der Waals surface area contributed by atoms with E-state index in [0.717, 1.165) is 85.5 Å². The van der Waals surface area contributed by atoms with Gasteiger partial charge in [-0.15, -0.1) is 0 Å². The van der Waals surface area contributed by atoms with Crippen molar-refractivity contribution in [1.29, 1.82) is 0 Å². The van der Waals surface area contributed by atoms with Gasteiger partial charge in [0.2, 0.25) is 0 Å². The molecule has 6 aromatic carbocycles. The van der Waals surface area contributed by atoms with Crippen LogP contribution >= 0.6 is 0 Å². The van der Waals surface area contributed by atoms with Gasteiger partial charge in [-0.2, -0.15) is 17.6 Å². The molecule has 0 atom stereocenters. The van der Waals surface area contributed by atoms with E-state index in [-0.39, 0.29) is 11.5 Å². The Morgan fingerprint density at radius 2 is 0.571 bits per heavy atom. The molecular formula is C55H62F4O4. The first kappa shape index (κ1) is 48.3.